The van der Waals surface area contributed by atoms with Gasteiger partial charge in [0.15, 0.2) is 6.04 Å². The van der Waals surface area contributed by atoms with E-state index in [0.29, 0.717) is 6.54 Å². The van der Waals surface area contributed by atoms with Crippen LogP contribution >= 0.6 is 0 Å². The normalized spacial score (nSPS) is 14.0. The Bertz CT molecular complexity index is 200. The molecule has 4 heteroatoms. The molecular weight excluding hydrogens is 168 g/mol. The highest BCUT2D eigenvalue weighted by atomic mass is 16.4. The summed E-state index contributed by atoms with van der Waals surface area (Å²) in [4.78, 5) is 10.3. The van der Waals surface area contributed by atoms with Gasteiger partial charge in [0.25, 0.3) is 0 Å². The summed E-state index contributed by atoms with van der Waals surface area (Å²) in [7, 11) is 0. The average molecular weight is 184 g/mol. The molecule has 0 rings (SSSR count). The van der Waals surface area contributed by atoms with Crippen LogP contribution in [0.2, 0.25) is 0 Å². The Morgan fingerprint density at radius 1 is 1.54 bits per heavy atom. The van der Waals surface area contributed by atoms with E-state index in [4.69, 9.17) is 5.11 Å². The molecule has 1 unspecified atom stereocenters. The molecule has 0 bridgehead atoms. The van der Waals surface area contributed by atoms with Gasteiger partial charge in [0.05, 0.1) is 6.54 Å². The van der Waals surface area contributed by atoms with Gasteiger partial charge in [-0.05, 0) is 19.8 Å². The summed E-state index contributed by atoms with van der Waals surface area (Å²) >= 11 is 0. The topological polar surface area (TPSA) is 62.0 Å². The molecule has 0 saturated heterocycles. The third-order valence-corrected chi connectivity index (χ3v) is 1.41. The molecule has 0 spiro atoms. The Hall–Kier alpha value is -1.19. The molecule has 0 fully saturated rings. The number of azo groups is 1. The highest BCUT2D eigenvalue weighted by molar-refractivity contribution is 5.72. The van der Waals surface area contributed by atoms with Gasteiger partial charge in [0.1, 0.15) is 0 Å². The van der Waals surface area contributed by atoms with Crippen LogP contribution in [-0.4, -0.2) is 23.7 Å². The number of carbonyl (C=O) groups is 1. The van der Waals surface area contributed by atoms with Crippen LogP contribution < -0.4 is 0 Å². The summed E-state index contributed by atoms with van der Waals surface area (Å²) in [5.74, 6) is -0.937. The number of carboxylic acids is 1. The first-order chi connectivity index (χ1) is 6.18. The van der Waals surface area contributed by atoms with Gasteiger partial charge in [-0.3, -0.25) is 0 Å². The standard InChI is InChI=1S/C9H16N2O2/c1-3-4-5-6-7-10-11-8(2)9(12)13/h4-5,8H,3,6-7H2,1-2H3,(H,12,13). The SMILES string of the molecule is CCC=CCCN=NC(C)C(=O)O. The minimum atomic E-state index is -0.937. The Morgan fingerprint density at radius 2 is 2.23 bits per heavy atom. The maximum absolute atomic E-state index is 10.3. The Balaban J connectivity index is 3.52. The predicted octanol–water partition coefficient (Wildman–Crippen LogP) is 2.27. The third kappa shape index (κ3) is 7.18. The molecule has 4 nitrogen and oxygen atoms in total. The third-order valence-electron chi connectivity index (χ3n) is 1.41. The van der Waals surface area contributed by atoms with Crippen molar-refractivity contribution in [2.24, 2.45) is 10.2 Å². The second kappa shape index (κ2) is 7.46. The van der Waals surface area contributed by atoms with Gasteiger partial charge in [-0.1, -0.05) is 19.1 Å². The molecule has 0 saturated carbocycles. The maximum atomic E-state index is 10.3. The number of hydrogen-bond donors (Lipinski definition) is 1. The molecule has 0 radical (unpaired) electrons. The molecule has 0 amide bonds. The fraction of sp³-hybridized carbons (Fsp3) is 0.667. The van der Waals surface area contributed by atoms with Crippen LogP contribution in [0.15, 0.2) is 22.4 Å². The van der Waals surface area contributed by atoms with Crippen LogP contribution in [0.25, 0.3) is 0 Å². The van der Waals surface area contributed by atoms with Crippen molar-refractivity contribution in [2.45, 2.75) is 32.7 Å². The number of hydrogen-bond acceptors (Lipinski definition) is 3. The van der Waals surface area contributed by atoms with Gasteiger partial charge in [-0.25, -0.2) is 4.79 Å². The summed E-state index contributed by atoms with van der Waals surface area (Å²) in [6.07, 6.45) is 5.91. The van der Waals surface area contributed by atoms with Crippen molar-refractivity contribution in [2.75, 3.05) is 6.54 Å². The van der Waals surface area contributed by atoms with Gasteiger partial charge in [-0.15, -0.1) is 0 Å². The van der Waals surface area contributed by atoms with Crippen molar-refractivity contribution in [1.82, 2.24) is 0 Å². The zero-order chi connectivity index (χ0) is 10.1. The molecule has 0 aliphatic carbocycles. The van der Waals surface area contributed by atoms with E-state index in [9.17, 15) is 4.79 Å². The Labute approximate surface area is 78.4 Å². The maximum Gasteiger partial charge on any atom is 0.330 e. The van der Waals surface area contributed by atoms with E-state index >= 15 is 0 Å². The van der Waals surface area contributed by atoms with Crippen molar-refractivity contribution in [3.8, 4) is 0 Å². The van der Waals surface area contributed by atoms with Gasteiger partial charge < -0.3 is 5.11 Å². The van der Waals surface area contributed by atoms with E-state index in [1.54, 1.807) is 0 Å². The molecule has 74 valence electrons. The summed E-state index contributed by atoms with van der Waals surface area (Å²) in [5.41, 5.74) is 0. The van der Waals surface area contributed by atoms with Crippen molar-refractivity contribution < 1.29 is 9.90 Å². The molecule has 0 aromatic heterocycles. The average Bonchev–Trinajstić information content (AvgIpc) is 2.10. The number of nitrogens with zero attached hydrogens (tertiary/aromatic N) is 2. The molecule has 0 aliphatic rings. The number of aliphatic carboxylic acids is 1. The monoisotopic (exact) mass is 184 g/mol. The lowest BCUT2D eigenvalue weighted by atomic mass is 10.3. The molecule has 1 N–H and O–H groups in total. The summed E-state index contributed by atoms with van der Waals surface area (Å²) in [6.45, 7) is 4.13. The first-order valence-corrected chi connectivity index (χ1v) is 4.43. The van der Waals surface area contributed by atoms with Gasteiger partial charge in [0.2, 0.25) is 0 Å². The van der Waals surface area contributed by atoms with Crippen LogP contribution in [0.1, 0.15) is 26.7 Å². The molecular formula is C9H16N2O2. The van der Waals surface area contributed by atoms with Crippen LogP contribution in [0.3, 0.4) is 0 Å². The number of rotatable bonds is 6. The van der Waals surface area contributed by atoms with E-state index in [1.165, 1.54) is 6.92 Å². The molecule has 0 aromatic rings. The first kappa shape index (κ1) is 11.8. The lowest BCUT2D eigenvalue weighted by molar-refractivity contribution is -0.138. The van der Waals surface area contributed by atoms with Crippen LogP contribution in [0.4, 0.5) is 0 Å². The van der Waals surface area contributed by atoms with E-state index in [2.05, 4.69) is 23.2 Å². The number of allylic oxidation sites excluding steroid dienone is 1. The minimum absolute atomic E-state index is 0.564. The predicted molar refractivity (Wildman–Crippen MR) is 50.9 cm³/mol. The largest absolute Gasteiger partial charge is 0.480 e. The van der Waals surface area contributed by atoms with E-state index in [1.807, 2.05) is 6.08 Å². The fourth-order valence-corrected chi connectivity index (χ4v) is 0.646. The lowest BCUT2D eigenvalue weighted by Gasteiger charge is -1.94. The Morgan fingerprint density at radius 3 is 2.77 bits per heavy atom. The Kier molecular flexibility index (Phi) is 6.78. The molecule has 0 aromatic carbocycles. The van der Waals surface area contributed by atoms with Gasteiger partial charge in [0, 0.05) is 0 Å². The van der Waals surface area contributed by atoms with E-state index in [0.717, 1.165) is 12.8 Å². The zero-order valence-electron chi connectivity index (χ0n) is 8.10. The molecule has 0 heterocycles. The van der Waals surface area contributed by atoms with Gasteiger partial charge >= 0.3 is 5.97 Å². The quantitative estimate of drug-likeness (QED) is 0.391. The zero-order valence-corrected chi connectivity index (χ0v) is 8.10. The summed E-state index contributed by atoms with van der Waals surface area (Å²) in [5, 5.41) is 15.8. The summed E-state index contributed by atoms with van der Waals surface area (Å²) < 4.78 is 0. The van der Waals surface area contributed by atoms with Crippen molar-refractivity contribution in [3.63, 3.8) is 0 Å². The summed E-state index contributed by atoms with van der Waals surface area (Å²) in [6, 6.07) is -0.727. The van der Waals surface area contributed by atoms with Crippen LogP contribution in [0, 0.1) is 0 Å². The van der Waals surface area contributed by atoms with E-state index in [-0.39, 0.29) is 0 Å². The minimum Gasteiger partial charge on any atom is -0.480 e. The van der Waals surface area contributed by atoms with Crippen molar-refractivity contribution in [3.05, 3.63) is 12.2 Å². The highest BCUT2D eigenvalue weighted by Gasteiger charge is 2.06. The number of carboxylic acid groups (broad SMARTS) is 1. The van der Waals surface area contributed by atoms with Crippen molar-refractivity contribution >= 4 is 5.97 Å². The second-order valence-corrected chi connectivity index (χ2v) is 2.66. The van der Waals surface area contributed by atoms with Gasteiger partial charge in [-0.2, -0.15) is 10.2 Å². The van der Waals surface area contributed by atoms with Crippen molar-refractivity contribution in [1.29, 1.82) is 0 Å². The molecule has 1 atom stereocenters. The highest BCUT2D eigenvalue weighted by Crippen LogP contribution is 1.93. The lowest BCUT2D eigenvalue weighted by Crippen LogP contribution is -2.12. The van der Waals surface area contributed by atoms with E-state index < -0.39 is 12.0 Å². The van der Waals surface area contributed by atoms with Crippen LogP contribution in [0.5, 0.6) is 0 Å². The van der Waals surface area contributed by atoms with Crippen LogP contribution in [-0.2, 0) is 4.79 Å². The first-order valence-electron chi connectivity index (χ1n) is 4.43. The fourth-order valence-electron chi connectivity index (χ4n) is 0.646. The second-order valence-electron chi connectivity index (χ2n) is 2.66. The smallest absolute Gasteiger partial charge is 0.330 e. The molecule has 0 aliphatic heterocycles. The molecule has 13 heavy (non-hydrogen) atoms.